The predicted molar refractivity (Wildman–Crippen MR) is 87.3 cm³/mol. The summed E-state index contributed by atoms with van der Waals surface area (Å²) in [5.74, 6) is 5.77. The molecular weight excluding hydrogens is 280 g/mol. The van der Waals surface area contributed by atoms with E-state index in [9.17, 15) is 4.79 Å². The summed E-state index contributed by atoms with van der Waals surface area (Å²) in [6, 6.07) is 7.79. The van der Waals surface area contributed by atoms with Gasteiger partial charge in [0.1, 0.15) is 0 Å². The van der Waals surface area contributed by atoms with Gasteiger partial charge in [0.15, 0.2) is 0 Å². The van der Waals surface area contributed by atoms with E-state index in [-0.39, 0.29) is 11.9 Å². The number of hydrogen-bond acceptors (Lipinski definition) is 3. The van der Waals surface area contributed by atoms with E-state index >= 15 is 0 Å². The maximum Gasteiger partial charge on any atom is 0.252 e. The van der Waals surface area contributed by atoms with E-state index in [1.165, 1.54) is 0 Å². The third-order valence-electron chi connectivity index (χ3n) is 3.19. The van der Waals surface area contributed by atoms with Crippen LogP contribution in [0.3, 0.4) is 0 Å². The Balaban J connectivity index is 2.05. The minimum atomic E-state index is -0.0479. The number of amides is 1. The van der Waals surface area contributed by atoms with Crippen molar-refractivity contribution in [1.82, 2.24) is 5.32 Å². The van der Waals surface area contributed by atoms with E-state index in [0.717, 1.165) is 22.3 Å². The third kappa shape index (κ3) is 3.94. The highest BCUT2D eigenvalue weighted by atomic mass is 32.1. The van der Waals surface area contributed by atoms with Gasteiger partial charge in [-0.15, -0.1) is 0 Å². The number of hydrogen-bond donors (Lipinski definition) is 2. The molecule has 0 spiro atoms. The molecule has 108 valence electrons. The van der Waals surface area contributed by atoms with Crippen molar-refractivity contribution in [1.29, 1.82) is 0 Å². The highest BCUT2D eigenvalue weighted by molar-refractivity contribution is 7.08. The van der Waals surface area contributed by atoms with Crippen LogP contribution in [0.25, 0.3) is 0 Å². The highest BCUT2D eigenvalue weighted by Crippen LogP contribution is 2.17. The number of carbonyl (C=O) groups is 1. The maximum atomic E-state index is 12.2. The number of nitrogens with one attached hydrogen (secondary N) is 1. The van der Waals surface area contributed by atoms with Crippen molar-refractivity contribution in [2.24, 2.45) is 5.73 Å². The summed E-state index contributed by atoms with van der Waals surface area (Å²) in [5.41, 5.74) is 9.08. The topological polar surface area (TPSA) is 55.1 Å². The monoisotopic (exact) mass is 298 g/mol. The van der Waals surface area contributed by atoms with E-state index in [4.69, 9.17) is 5.73 Å². The van der Waals surface area contributed by atoms with Crippen molar-refractivity contribution in [2.75, 3.05) is 6.54 Å². The Morgan fingerprint density at radius 1 is 1.33 bits per heavy atom. The Kier molecular flexibility index (Phi) is 5.15. The Labute approximate surface area is 129 Å². The van der Waals surface area contributed by atoms with Crippen LogP contribution in [0.4, 0.5) is 0 Å². The Morgan fingerprint density at radius 3 is 2.62 bits per heavy atom. The molecule has 3 N–H and O–H groups in total. The van der Waals surface area contributed by atoms with Gasteiger partial charge in [-0.05, 0) is 42.5 Å². The first-order chi connectivity index (χ1) is 10.1. The van der Waals surface area contributed by atoms with Crippen molar-refractivity contribution >= 4 is 17.2 Å². The zero-order chi connectivity index (χ0) is 15.2. The number of benzene rings is 1. The Bertz CT molecular complexity index is 677. The summed E-state index contributed by atoms with van der Waals surface area (Å²) < 4.78 is 0. The van der Waals surface area contributed by atoms with Crippen LogP contribution in [0.2, 0.25) is 0 Å². The van der Waals surface area contributed by atoms with Crippen LogP contribution >= 0.6 is 11.3 Å². The summed E-state index contributed by atoms with van der Waals surface area (Å²) >= 11 is 1.54. The number of rotatable bonds is 3. The molecule has 1 heterocycles. The first kappa shape index (κ1) is 15.3. The normalized spacial score (nSPS) is 11.4. The van der Waals surface area contributed by atoms with Crippen LogP contribution in [0.5, 0.6) is 0 Å². The Hall–Kier alpha value is -2.09. The lowest BCUT2D eigenvalue weighted by Gasteiger charge is -2.14. The number of carbonyl (C=O) groups excluding carboxylic acids is 1. The molecule has 1 unspecified atom stereocenters. The fourth-order valence-electron chi connectivity index (χ4n) is 1.96. The van der Waals surface area contributed by atoms with Crippen molar-refractivity contribution in [2.45, 2.75) is 19.9 Å². The van der Waals surface area contributed by atoms with Crippen LogP contribution in [0.15, 0.2) is 35.0 Å². The standard InChI is InChI=1S/C17H18N2OS/c1-12-10-21-11-16(12)17(20)19-13(2)15-7-5-14(6-8-15)4-3-9-18/h5-8,10-11,13H,9,18H2,1-2H3,(H,19,20). The van der Waals surface area contributed by atoms with E-state index in [2.05, 4.69) is 17.2 Å². The number of nitrogens with two attached hydrogens (primary N) is 1. The lowest BCUT2D eigenvalue weighted by atomic mass is 10.1. The predicted octanol–water partition coefficient (Wildman–Crippen LogP) is 2.86. The summed E-state index contributed by atoms with van der Waals surface area (Å²) in [4.78, 5) is 12.2. The first-order valence-electron chi connectivity index (χ1n) is 6.74. The van der Waals surface area contributed by atoms with Crippen LogP contribution in [-0.4, -0.2) is 12.5 Å². The van der Waals surface area contributed by atoms with Gasteiger partial charge < -0.3 is 11.1 Å². The SMILES string of the molecule is Cc1cscc1C(=O)NC(C)c1ccc(C#CCN)cc1. The first-order valence-corrected chi connectivity index (χ1v) is 7.68. The lowest BCUT2D eigenvalue weighted by molar-refractivity contribution is 0.0940. The third-order valence-corrected chi connectivity index (χ3v) is 4.05. The Morgan fingerprint density at radius 2 is 2.05 bits per heavy atom. The zero-order valence-corrected chi connectivity index (χ0v) is 13.0. The van der Waals surface area contributed by atoms with Gasteiger partial charge in [-0.2, -0.15) is 11.3 Å². The van der Waals surface area contributed by atoms with E-state index in [1.807, 2.05) is 48.9 Å². The van der Waals surface area contributed by atoms with Gasteiger partial charge in [-0.3, -0.25) is 4.79 Å². The van der Waals surface area contributed by atoms with Crippen molar-refractivity contribution in [3.8, 4) is 11.8 Å². The van der Waals surface area contributed by atoms with Gasteiger partial charge in [0.2, 0.25) is 0 Å². The molecule has 2 aromatic rings. The average Bonchev–Trinajstić information content (AvgIpc) is 2.91. The van der Waals surface area contributed by atoms with Gasteiger partial charge in [-0.25, -0.2) is 0 Å². The molecule has 2 rings (SSSR count). The van der Waals surface area contributed by atoms with Crippen LogP contribution in [0.1, 0.15) is 40.0 Å². The zero-order valence-electron chi connectivity index (χ0n) is 12.1. The molecule has 0 aliphatic heterocycles. The average molecular weight is 298 g/mol. The molecule has 1 aromatic heterocycles. The summed E-state index contributed by atoms with van der Waals surface area (Å²) in [6.45, 7) is 4.27. The molecule has 0 saturated heterocycles. The van der Waals surface area contributed by atoms with Crippen LogP contribution in [-0.2, 0) is 0 Å². The molecule has 1 aromatic carbocycles. The van der Waals surface area contributed by atoms with Crippen LogP contribution < -0.4 is 11.1 Å². The smallest absolute Gasteiger partial charge is 0.252 e. The molecule has 4 heteroatoms. The second-order valence-corrected chi connectivity index (χ2v) is 5.54. The van der Waals surface area contributed by atoms with E-state index < -0.39 is 0 Å². The van der Waals surface area contributed by atoms with Crippen molar-refractivity contribution in [3.63, 3.8) is 0 Å². The maximum absolute atomic E-state index is 12.2. The molecule has 0 saturated carbocycles. The molecule has 0 aliphatic carbocycles. The number of aryl methyl sites for hydroxylation is 1. The molecule has 21 heavy (non-hydrogen) atoms. The molecule has 1 amide bonds. The second-order valence-electron chi connectivity index (χ2n) is 4.79. The molecule has 0 radical (unpaired) electrons. The molecular formula is C17H18N2OS. The lowest BCUT2D eigenvalue weighted by Crippen LogP contribution is -2.26. The van der Waals surface area contributed by atoms with Gasteiger partial charge in [0, 0.05) is 10.9 Å². The molecule has 3 nitrogen and oxygen atoms in total. The molecule has 0 bridgehead atoms. The molecule has 1 atom stereocenters. The highest BCUT2D eigenvalue weighted by Gasteiger charge is 2.13. The van der Waals surface area contributed by atoms with Gasteiger partial charge in [-0.1, -0.05) is 24.0 Å². The van der Waals surface area contributed by atoms with Gasteiger partial charge in [0.05, 0.1) is 18.2 Å². The summed E-state index contributed by atoms with van der Waals surface area (Å²) in [6.07, 6.45) is 0. The summed E-state index contributed by atoms with van der Waals surface area (Å²) in [7, 11) is 0. The quantitative estimate of drug-likeness (QED) is 0.856. The fourth-order valence-corrected chi connectivity index (χ4v) is 2.79. The summed E-state index contributed by atoms with van der Waals surface area (Å²) in [5, 5.41) is 6.87. The molecule has 0 aliphatic rings. The largest absolute Gasteiger partial charge is 0.345 e. The van der Waals surface area contributed by atoms with Crippen molar-refractivity contribution in [3.05, 3.63) is 57.3 Å². The van der Waals surface area contributed by atoms with Gasteiger partial charge >= 0.3 is 0 Å². The van der Waals surface area contributed by atoms with Crippen LogP contribution in [0, 0.1) is 18.8 Å². The fraction of sp³-hybridized carbons (Fsp3) is 0.235. The van der Waals surface area contributed by atoms with Gasteiger partial charge in [0.25, 0.3) is 5.91 Å². The van der Waals surface area contributed by atoms with E-state index in [1.54, 1.807) is 11.3 Å². The van der Waals surface area contributed by atoms with Crippen molar-refractivity contribution < 1.29 is 4.79 Å². The number of thiophene rings is 1. The van der Waals surface area contributed by atoms with E-state index in [0.29, 0.717) is 6.54 Å². The minimum Gasteiger partial charge on any atom is -0.345 e. The second kappa shape index (κ2) is 7.07. The molecule has 0 fully saturated rings. The minimum absolute atomic E-state index is 0.0340.